The summed E-state index contributed by atoms with van der Waals surface area (Å²) in [4.78, 5) is 13.3. The number of hydrogen-bond acceptors (Lipinski definition) is 4. The molecule has 5 nitrogen and oxygen atoms in total. The van der Waals surface area contributed by atoms with Gasteiger partial charge in [0.1, 0.15) is 0 Å². The summed E-state index contributed by atoms with van der Waals surface area (Å²) in [5, 5.41) is 3.18. The molecule has 5 heteroatoms. The number of hydrogen-bond donors (Lipinski definition) is 2. The largest absolute Gasteiger partial charge is 0.454 e. The van der Waals surface area contributed by atoms with Gasteiger partial charge in [-0.1, -0.05) is 36.4 Å². The lowest BCUT2D eigenvalue weighted by molar-refractivity contribution is -0.118. The summed E-state index contributed by atoms with van der Waals surface area (Å²) < 4.78 is 10.9. The van der Waals surface area contributed by atoms with Gasteiger partial charge in [0.2, 0.25) is 12.7 Å². The number of carbonyl (C=O) groups excluding carboxylic acids is 1. The molecule has 1 saturated carbocycles. The van der Waals surface area contributed by atoms with Crippen molar-refractivity contribution in [1.82, 2.24) is 0 Å². The van der Waals surface area contributed by atoms with E-state index in [4.69, 9.17) is 15.2 Å². The number of benzene rings is 3. The van der Waals surface area contributed by atoms with Gasteiger partial charge < -0.3 is 20.5 Å². The van der Waals surface area contributed by atoms with Crippen molar-refractivity contribution in [1.29, 1.82) is 0 Å². The van der Waals surface area contributed by atoms with Crippen molar-refractivity contribution >= 4 is 11.6 Å². The van der Waals surface area contributed by atoms with Gasteiger partial charge in [0.05, 0.1) is 5.41 Å². The highest BCUT2D eigenvalue weighted by Crippen LogP contribution is 2.51. The van der Waals surface area contributed by atoms with E-state index >= 15 is 0 Å². The van der Waals surface area contributed by atoms with Gasteiger partial charge in [0.25, 0.3) is 0 Å². The second-order valence-corrected chi connectivity index (χ2v) is 8.04. The molecule has 0 aromatic heterocycles. The Kier molecular flexibility index (Phi) is 4.48. The molecule has 152 valence electrons. The van der Waals surface area contributed by atoms with E-state index in [0.717, 1.165) is 52.1 Å². The summed E-state index contributed by atoms with van der Waals surface area (Å²) >= 11 is 0. The summed E-state index contributed by atoms with van der Waals surface area (Å²) in [7, 11) is 0. The number of ether oxygens (including phenoxy) is 2. The van der Waals surface area contributed by atoms with Crippen LogP contribution >= 0.6 is 0 Å². The van der Waals surface area contributed by atoms with Crippen LogP contribution in [0, 0.1) is 6.92 Å². The van der Waals surface area contributed by atoms with E-state index < -0.39 is 5.41 Å². The third-order valence-electron chi connectivity index (χ3n) is 6.09. The van der Waals surface area contributed by atoms with Crippen LogP contribution in [-0.4, -0.2) is 12.7 Å². The van der Waals surface area contributed by atoms with E-state index in [1.807, 2.05) is 49.4 Å². The lowest BCUT2D eigenvalue weighted by Gasteiger charge is -2.18. The Morgan fingerprint density at radius 1 is 1.00 bits per heavy atom. The van der Waals surface area contributed by atoms with Crippen molar-refractivity contribution in [3.63, 3.8) is 0 Å². The first-order valence-corrected chi connectivity index (χ1v) is 10.2. The fourth-order valence-corrected chi connectivity index (χ4v) is 4.02. The molecule has 3 aromatic carbocycles. The van der Waals surface area contributed by atoms with Gasteiger partial charge in [-0.3, -0.25) is 4.79 Å². The van der Waals surface area contributed by atoms with Crippen LogP contribution in [0.15, 0.2) is 60.7 Å². The molecule has 0 radical (unpaired) electrons. The third-order valence-corrected chi connectivity index (χ3v) is 6.09. The molecule has 1 aliphatic heterocycles. The van der Waals surface area contributed by atoms with E-state index in [0.29, 0.717) is 12.3 Å². The molecule has 1 heterocycles. The maximum atomic E-state index is 13.3. The number of anilines is 1. The van der Waals surface area contributed by atoms with Gasteiger partial charge in [-0.2, -0.15) is 0 Å². The fourth-order valence-electron chi connectivity index (χ4n) is 4.02. The Hall–Kier alpha value is -3.31. The minimum Gasteiger partial charge on any atom is -0.454 e. The molecule has 0 bridgehead atoms. The van der Waals surface area contributed by atoms with Gasteiger partial charge in [0, 0.05) is 12.2 Å². The zero-order valence-corrected chi connectivity index (χ0v) is 16.9. The summed E-state index contributed by atoms with van der Waals surface area (Å²) in [5.41, 5.74) is 11.4. The molecule has 0 saturated heterocycles. The number of nitrogens with one attached hydrogen (secondary N) is 1. The van der Waals surface area contributed by atoms with Crippen LogP contribution < -0.4 is 20.5 Å². The molecular weight excluding hydrogens is 376 g/mol. The molecule has 0 spiro atoms. The van der Waals surface area contributed by atoms with E-state index in [-0.39, 0.29) is 12.7 Å². The first-order valence-electron chi connectivity index (χ1n) is 10.2. The Morgan fingerprint density at radius 3 is 2.60 bits per heavy atom. The van der Waals surface area contributed by atoms with Crippen molar-refractivity contribution in [3.05, 3.63) is 77.4 Å². The van der Waals surface area contributed by atoms with Crippen LogP contribution in [0.3, 0.4) is 0 Å². The molecule has 5 rings (SSSR count). The molecular formula is C25H24N2O3. The molecule has 0 atom stereocenters. The zero-order valence-electron chi connectivity index (χ0n) is 16.9. The lowest BCUT2D eigenvalue weighted by Crippen LogP contribution is -2.28. The number of amides is 1. The Balaban J connectivity index is 1.42. The zero-order chi connectivity index (χ0) is 20.7. The quantitative estimate of drug-likeness (QED) is 0.660. The maximum Gasteiger partial charge on any atom is 0.235 e. The van der Waals surface area contributed by atoms with Crippen LogP contribution in [-0.2, 0) is 16.8 Å². The number of carbonyl (C=O) groups is 1. The second kappa shape index (κ2) is 7.18. The molecule has 1 amide bonds. The number of rotatable bonds is 5. The van der Waals surface area contributed by atoms with Gasteiger partial charge in [0.15, 0.2) is 11.5 Å². The molecule has 1 fully saturated rings. The summed E-state index contributed by atoms with van der Waals surface area (Å²) in [5.74, 6) is 1.47. The molecule has 2 aliphatic rings. The highest BCUT2D eigenvalue weighted by Gasteiger charge is 2.51. The van der Waals surface area contributed by atoms with Crippen LogP contribution in [0.2, 0.25) is 0 Å². The van der Waals surface area contributed by atoms with Crippen LogP contribution in [0.25, 0.3) is 11.1 Å². The summed E-state index contributed by atoms with van der Waals surface area (Å²) in [6.45, 7) is 2.74. The summed E-state index contributed by atoms with van der Waals surface area (Å²) in [6, 6.07) is 20.1. The van der Waals surface area contributed by atoms with Crippen molar-refractivity contribution < 1.29 is 14.3 Å². The average molecular weight is 400 g/mol. The number of fused-ring (bicyclic) bond motifs is 1. The molecule has 3 N–H and O–H groups in total. The third kappa shape index (κ3) is 3.21. The van der Waals surface area contributed by atoms with Crippen molar-refractivity contribution in [2.75, 3.05) is 12.1 Å². The first-order chi connectivity index (χ1) is 14.6. The van der Waals surface area contributed by atoms with E-state index in [9.17, 15) is 4.79 Å². The average Bonchev–Trinajstić information content (AvgIpc) is 3.46. The normalized spacial score (nSPS) is 15.7. The number of nitrogens with two attached hydrogens (primary N) is 1. The van der Waals surface area contributed by atoms with Gasteiger partial charge in [-0.15, -0.1) is 0 Å². The van der Waals surface area contributed by atoms with E-state index in [1.54, 1.807) is 0 Å². The van der Waals surface area contributed by atoms with E-state index in [2.05, 4.69) is 23.5 Å². The molecule has 1 aliphatic carbocycles. The number of aryl methyl sites for hydroxylation is 1. The predicted octanol–water partition coefficient (Wildman–Crippen LogP) is 4.52. The summed E-state index contributed by atoms with van der Waals surface area (Å²) in [6.07, 6.45) is 1.66. The second-order valence-electron chi connectivity index (χ2n) is 8.04. The SMILES string of the molecule is Cc1ccc(-c2cccc(CN)c2)cc1NC(=O)C1(c2ccc3c(c2)OCO3)CC1. The van der Waals surface area contributed by atoms with Crippen LogP contribution in [0.4, 0.5) is 5.69 Å². The minimum atomic E-state index is -0.497. The van der Waals surface area contributed by atoms with Crippen LogP contribution in [0.5, 0.6) is 11.5 Å². The molecule has 0 unspecified atom stereocenters. The van der Waals surface area contributed by atoms with Gasteiger partial charge in [-0.25, -0.2) is 0 Å². The van der Waals surface area contributed by atoms with Crippen molar-refractivity contribution in [2.45, 2.75) is 31.7 Å². The van der Waals surface area contributed by atoms with Crippen LogP contribution in [0.1, 0.15) is 29.5 Å². The van der Waals surface area contributed by atoms with Gasteiger partial charge in [-0.05, 0) is 71.8 Å². The monoisotopic (exact) mass is 400 g/mol. The standard InChI is InChI=1S/C25H24N2O3/c1-16-5-6-19(18-4-2-3-17(11-18)14-26)12-21(16)27-24(28)25(9-10-25)20-7-8-22-23(13-20)30-15-29-22/h2-8,11-13H,9-10,14-15,26H2,1H3,(H,27,28). The topological polar surface area (TPSA) is 73.6 Å². The first kappa shape index (κ1) is 18.7. The van der Waals surface area contributed by atoms with Gasteiger partial charge >= 0.3 is 0 Å². The molecule has 30 heavy (non-hydrogen) atoms. The maximum absolute atomic E-state index is 13.3. The van der Waals surface area contributed by atoms with Crippen molar-refractivity contribution in [3.8, 4) is 22.6 Å². The minimum absolute atomic E-state index is 0.0253. The Bertz CT molecular complexity index is 1130. The Labute approximate surface area is 175 Å². The highest BCUT2D eigenvalue weighted by molar-refractivity contribution is 6.02. The highest BCUT2D eigenvalue weighted by atomic mass is 16.7. The Morgan fingerprint density at radius 2 is 1.80 bits per heavy atom. The molecule has 3 aromatic rings. The predicted molar refractivity (Wildman–Crippen MR) is 117 cm³/mol. The van der Waals surface area contributed by atoms with Crippen molar-refractivity contribution in [2.24, 2.45) is 5.73 Å². The van der Waals surface area contributed by atoms with E-state index in [1.165, 1.54) is 0 Å². The fraction of sp³-hybridized carbons (Fsp3) is 0.240. The smallest absolute Gasteiger partial charge is 0.235 e. The lowest BCUT2D eigenvalue weighted by atomic mass is 9.94.